The van der Waals surface area contributed by atoms with Crippen LogP contribution in [-0.2, 0) is 19.1 Å². The number of hydrogen-bond donors (Lipinski definition) is 0. The average molecular weight is 230 g/mol. The number of rotatable bonds is 10. The summed E-state index contributed by atoms with van der Waals surface area (Å²) in [5.41, 5.74) is 0. The van der Waals surface area contributed by atoms with E-state index in [2.05, 4.69) is 13.8 Å². The van der Waals surface area contributed by atoms with Crippen LogP contribution in [0.15, 0.2) is 0 Å². The van der Waals surface area contributed by atoms with E-state index < -0.39 is 5.79 Å². The molecule has 0 spiro atoms. The van der Waals surface area contributed by atoms with Crippen molar-refractivity contribution < 1.29 is 19.1 Å². The van der Waals surface area contributed by atoms with Gasteiger partial charge in [0.1, 0.15) is 0 Å². The molecule has 4 nitrogen and oxygen atoms in total. The van der Waals surface area contributed by atoms with Crippen LogP contribution >= 0.6 is 0 Å². The summed E-state index contributed by atoms with van der Waals surface area (Å²) in [6, 6.07) is 0. The fourth-order valence-corrected chi connectivity index (χ4v) is 1.50. The highest BCUT2D eigenvalue weighted by Crippen LogP contribution is 2.20. The smallest absolute Gasteiger partial charge is 0.295 e. The van der Waals surface area contributed by atoms with Crippen LogP contribution in [0.4, 0.5) is 0 Å². The van der Waals surface area contributed by atoms with Crippen LogP contribution in [0.5, 0.6) is 0 Å². The van der Waals surface area contributed by atoms with Crippen LogP contribution in [0.2, 0.25) is 0 Å². The summed E-state index contributed by atoms with van der Waals surface area (Å²) in [4.78, 5) is 21.4. The van der Waals surface area contributed by atoms with E-state index in [0.717, 1.165) is 19.3 Å². The van der Waals surface area contributed by atoms with Crippen LogP contribution in [0.1, 0.15) is 46.5 Å². The molecule has 1 unspecified atom stereocenters. The summed E-state index contributed by atoms with van der Waals surface area (Å²) in [6.45, 7) is 6.77. The maximum atomic E-state index is 11.0. The molecule has 4 heteroatoms. The molecular formula is C12H22O4. The number of hydrogen-bond acceptors (Lipinski definition) is 4. The lowest BCUT2D eigenvalue weighted by atomic mass is 10.0. The minimum atomic E-state index is -1.38. The molecule has 0 aromatic carbocycles. The molecule has 0 radical (unpaired) electrons. The van der Waals surface area contributed by atoms with Crippen molar-refractivity contribution in [2.24, 2.45) is 5.92 Å². The molecule has 94 valence electrons. The van der Waals surface area contributed by atoms with Gasteiger partial charge in [-0.15, -0.1) is 0 Å². The summed E-state index contributed by atoms with van der Waals surface area (Å²) in [5.74, 6) is -0.981. The van der Waals surface area contributed by atoms with Crippen molar-refractivity contribution in [2.75, 3.05) is 6.61 Å². The first kappa shape index (κ1) is 15.1. The second kappa shape index (κ2) is 8.28. The van der Waals surface area contributed by atoms with Gasteiger partial charge in [0.05, 0.1) is 6.61 Å². The molecule has 0 aromatic rings. The third-order valence-electron chi connectivity index (χ3n) is 2.74. The molecular weight excluding hydrogens is 208 g/mol. The Morgan fingerprint density at radius 1 is 1.19 bits per heavy atom. The van der Waals surface area contributed by atoms with Crippen LogP contribution in [0.25, 0.3) is 0 Å². The number of ether oxygens (including phenoxy) is 2. The van der Waals surface area contributed by atoms with Gasteiger partial charge >= 0.3 is 0 Å². The highest BCUT2D eigenvalue weighted by atomic mass is 16.7. The van der Waals surface area contributed by atoms with E-state index in [9.17, 15) is 9.59 Å². The van der Waals surface area contributed by atoms with Gasteiger partial charge in [-0.3, -0.25) is 9.59 Å². The number of carbonyl (C=O) groups is 2. The lowest BCUT2D eigenvalue weighted by Crippen LogP contribution is -2.39. The predicted octanol–water partition coefficient (Wildman–Crippen LogP) is 2.31. The van der Waals surface area contributed by atoms with E-state index in [1.54, 1.807) is 0 Å². The molecule has 0 aromatic heterocycles. The van der Waals surface area contributed by atoms with Gasteiger partial charge in [-0.2, -0.15) is 0 Å². The first-order valence-corrected chi connectivity index (χ1v) is 5.89. The largest absolute Gasteiger partial charge is 0.428 e. The second-order valence-electron chi connectivity index (χ2n) is 3.89. The Morgan fingerprint density at radius 2 is 1.81 bits per heavy atom. The van der Waals surface area contributed by atoms with E-state index in [1.165, 1.54) is 0 Å². The Balaban J connectivity index is 4.39. The molecule has 0 N–H and O–H groups in total. The van der Waals surface area contributed by atoms with Crippen molar-refractivity contribution in [1.82, 2.24) is 0 Å². The highest BCUT2D eigenvalue weighted by molar-refractivity contribution is 5.62. The van der Waals surface area contributed by atoms with E-state index >= 15 is 0 Å². The number of aldehydes is 1. The quantitative estimate of drug-likeness (QED) is 0.427. The molecule has 0 aliphatic carbocycles. The van der Waals surface area contributed by atoms with Gasteiger partial charge in [-0.25, -0.2) is 0 Å². The zero-order valence-electron chi connectivity index (χ0n) is 10.4. The lowest BCUT2D eigenvalue weighted by Gasteiger charge is -2.27. The van der Waals surface area contributed by atoms with Crippen LogP contribution in [0, 0.1) is 5.92 Å². The molecule has 0 heterocycles. The van der Waals surface area contributed by atoms with Gasteiger partial charge < -0.3 is 9.47 Å². The van der Waals surface area contributed by atoms with Gasteiger partial charge in [-0.1, -0.05) is 33.6 Å². The molecule has 0 rings (SSSR count). The van der Waals surface area contributed by atoms with E-state index in [-0.39, 0.29) is 6.47 Å². The SMILES string of the molecule is CCCC(C=O)(OC=O)OCC(CC)CC. The fraction of sp³-hybridized carbons (Fsp3) is 0.833. The minimum Gasteiger partial charge on any atom is -0.428 e. The van der Waals surface area contributed by atoms with Gasteiger partial charge in [0, 0.05) is 6.42 Å². The Hall–Kier alpha value is -0.900. The second-order valence-corrected chi connectivity index (χ2v) is 3.89. The molecule has 0 aliphatic rings. The average Bonchev–Trinajstić information content (AvgIpc) is 2.30. The van der Waals surface area contributed by atoms with E-state index in [1.807, 2.05) is 6.92 Å². The lowest BCUT2D eigenvalue weighted by molar-refractivity contribution is -0.216. The minimum absolute atomic E-state index is 0.275. The van der Waals surface area contributed by atoms with Crippen LogP contribution < -0.4 is 0 Å². The van der Waals surface area contributed by atoms with Crippen molar-refractivity contribution in [1.29, 1.82) is 0 Å². The predicted molar refractivity (Wildman–Crippen MR) is 60.9 cm³/mol. The van der Waals surface area contributed by atoms with Gasteiger partial charge in [0.25, 0.3) is 12.3 Å². The maximum absolute atomic E-state index is 11.0. The van der Waals surface area contributed by atoms with Gasteiger partial charge in [0.15, 0.2) is 6.29 Å². The first-order chi connectivity index (χ1) is 7.67. The third-order valence-corrected chi connectivity index (χ3v) is 2.74. The van der Waals surface area contributed by atoms with Crippen LogP contribution in [-0.4, -0.2) is 25.2 Å². The van der Waals surface area contributed by atoms with E-state index in [0.29, 0.717) is 25.2 Å². The molecule has 0 saturated heterocycles. The summed E-state index contributed by atoms with van der Waals surface area (Å²) in [7, 11) is 0. The molecule has 0 aliphatic heterocycles. The van der Waals surface area contributed by atoms with Crippen molar-refractivity contribution >= 4 is 12.8 Å². The Labute approximate surface area is 97.3 Å². The van der Waals surface area contributed by atoms with Crippen molar-refractivity contribution in [2.45, 2.75) is 52.2 Å². The van der Waals surface area contributed by atoms with Crippen molar-refractivity contribution in [3.8, 4) is 0 Å². The van der Waals surface area contributed by atoms with Gasteiger partial charge in [0.2, 0.25) is 0 Å². The molecule has 0 saturated carbocycles. The van der Waals surface area contributed by atoms with Crippen molar-refractivity contribution in [3.63, 3.8) is 0 Å². The first-order valence-electron chi connectivity index (χ1n) is 5.89. The normalized spacial score (nSPS) is 14.5. The Kier molecular flexibility index (Phi) is 7.81. The summed E-state index contributed by atoms with van der Waals surface area (Å²) < 4.78 is 10.3. The molecule has 1 atom stereocenters. The zero-order chi connectivity index (χ0) is 12.4. The van der Waals surface area contributed by atoms with Crippen molar-refractivity contribution in [3.05, 3.63) is 0 Å². The number of carbonyl (C=O) groups excluding carboxylic acids is 2. The maximum Gasteiger partial charge on any atom is 0.295 e. The summed E-state index contributed by atoms with van der Waals surface area (Å²) in [5, 5.41) is 0. The fourth-order valence-electron chi connectivity index (χ4n) is 1.50. The van der Waals surface area contributed by atoms with E-state index in [4.69, 9.17) is 9.47 Å². The molecule has 16 heavy (non-hydrogen) atoms. The molecule has 0 amide bonds. The molecule has 0 bridgehead atoms. The van der Waals surface area contributed by atoms with Crippen LogP contribution in [0.3, 0.4) is 0 Å². The topological polar surface area (TPSA) is 52.6 Å². The standard InChI is InChI=1S/C12H22O4/c1-4-7-12(9-13,16-10-14)15-8-11(5-2)6-3/h9-11H,4-8H2,1-3H3. The summed E-state index contributed by atoms with van der Waals surface area (Å²) in [6.07, 6.45) is 3.66. The Morgan fingerprint density at radius 3 is 2.19 bits per heavy atom. The van der Waals surface area contributed by atoms with Gasteiger partial charge in [-0.05, 0) is 12.3 Å². The monoisotopic (exact) mass is 230 g/mol. The Bertz CT molecular complexity index is 201. The highest BCUT2D eigenvalue weighted by Gasteiger charge is 2.32. The summed E-state index contributed by atoms with van der Waals surface area (Å²) >= 11 is 0. The zero-order valence-corrected chi connectivity index (χ0v) is 10.4. The molecule has 0 fully saturated rings. The third kappa shape index (κ3) is 4.75.